The van der Waals surface area contributed by atoms with Crippen molar-refractivity contribution in [3.8, 4) is 0 Å². The summed E-state index contributed by atoms with van der Waals surface area (Å²) in [6, 6.07) is 9.68. The smallest absolute Gasteiger partial charge is 0.261 e. The first-order valence-electron chi connectivity index (χ1n) is 5.76. The fraction of sp³-hybridized carbons (Fsp3) is 0. The van der Waals surface area contributed by atoms with Crippen molar-refractivity contribution in [1.29, 1.82) is 0 Å². The van der Waals surface area contributed by atoms with E-state index in [2.05, 4.69) is 14.7 Å². The zero-order valence-corrected chi connectivity index (χ0v) is 11.0. The summed E-state index contributed by atoms with van der Waals surface area (Å²) in [6.45, 7) is 0. The number of benzene rings is 2. The topological polar surface area (TPSA) is 74.8 Å². The second-order valence-corrected chi connectivity index (χ2v) is 5.88. The lowest BCUT2D eigenvalue weighted by Crippen LogP contribution is -2.12. The minimum Gasteiger partial charge on any atom is -0.345 e. The molecular formula is C13H10FN3O2S. The third kappa shape index (κ3) is 2.35. The van der Waals surface area contributed by atoms with E-state index in [4.69, 9.17) is 0 Å². The molecule has 0 bridgehead atoms. The van der Waals surface area contributed by atoms with Crippen LogP contribution in [0.1, 0.15) is 0 Å². The fourth-order valence-corrected chi connectivity index (χ4v) is 2.90. The molecule has 0 saturated carbocycles. The normalized spacial score (nSPS) is 11.7. The van der Waals surface area contributed by atoms with Crippen molar-refractivity contribution in [1.82, 2.24) is 9.97 Å². The van der Waals surface area contributed by atoms with Crippen molar-refractivity contribution in [2.45, 2.75) is 4.90 Å². The van der Waals surface area contributed by atoms with Crippen LogP contribution in [0.4, 0.5) is 10.1 Å². The number of halogens is 1. The monoisotopic (exact) mass is 291 g/mol. The third-order valence-corrected chi connectivity index (χ3v) is 4.18. The van der Waals surface area contributed by atoms with E-state index in [1.54, 1.807) is 6.07 Å². The molecule has 20 heavy (non-hydrogen) atoms. The highest BCUT2D eigenvalue weighted by Gasteiger charge is 2.15. The first kappa shape index (κ1) is 12.6. The van der Waals surface area contributed by atoms with Gasteiger partial charge in [-0.05, 0) is 42.5 Å². The first-order valence-corrected chi connectivity index (χ1v) is 7.24. The predicted molar refractivity (Wildman–Crippen MR) is 73.3 cm³/mol. The number of fused-ring (bicyclic) bond motifs is 1. The van der Waals surface area contributed by atoms with Gasteiger partial charge in [0.1, 0.15) is 5.82 Å². The molecule has 3 aromatic rings. The number of imidazole rings is 1. The SMILES string of the molecule is O=S(=O)(Nc1ccc(F)cc1)c1ccc2nc[nH]c2c1. The zero-order valence-electron chi connectivity index (χ0n) is 10.2. The summed E-state index contributed by atoms with van der Waals surface area (Å²) in [4.78, 5) is 6.98. The van der Waals surface area contributed by atoms with Crippen LogP contribution in [0.3, 0.4) is 0 Å². The van der Waals surface area contributed by atoms with Crippen molar-refractivity contribution in [2.75, 3.05) is 4.72 Å². The number of aromatic nitrogens is 2. The van der Waals surface area contributed by atoms with E-state index in [-0.39, 0.29) is 4.90 Å². The predicted octanol–water partition coefficient (Wildman–Crippen LogP) is 2.50. The Morgan fingerprint density at radius 1 is 1.10 bits per heavy atom. The van der Waals surface area contributed by atoms with Gasteiger partial charge in [0, 0.05) is 5.69 Å². The molecule has 0 atom stereocenters. The molecule has 0 aliphatic carbocycles. The molecule has 1 aromatic heterocycles. The summed E-state index contributed by atoms with van der Waals surface area (Å²) in [5, 5.41) is 0. The van der Waals surface area contributed by atoms with Gasteiger partial charge in [0.2, 0.25) is 0 Å². The van der Waals surface area contributed by atoms with Gasteiger partial charge in [0.25, 0.3) is 10.0 Å². The number of aromatic amines is 1. The molecular weight excluding hydrogens is 281 g/mol. The minimum absolute atomic E-state index is 0.110. The molecule has 0 fully saturated rings. The highest BCUT2D eigenvalue weighted by Crippen LogP contribution is 2.19. The number of hydrogen-bond acceptors (Lipinski definition) is 3. The van der Waals surface area contributed by atoms with Crippen molar-refractivity contribution in [2.24, 2.45) is 0 Å². The van der Waals surface area contributed by atoms with E-state index < -0.39 is 15.8 Å². The molecule has 102 valence electrons. The van der Waals surface area contributed by atoms with Crippen LogP contribution in [-0.4, -0.2) is 18.4 Å². The van der Waals surface area contributed by atoms with E-state index in [0.717, 1.165) is 0 Å². The van der Waals surface area contributed by atoms with E-state index in [1.165, 1.54) is 42.7 Å². The summed E-state index contributed by atoms with van der Waals surface area (Å²) in [5.74, 6) is -0.424. The van der Waals surface area contributed by atoms with Crippen LogP contribution in [0.5, 0.6) is 0 Å². The summed E-state index contributed by atoms with van der Waals surface area (Å²) < 4.78 is 39.6. The molecule has 0 aliphatic rings. The van der Waals surface area contributed by atoms with E-state index in [9.17, 15) is 12.8 Å². The summed E-state index contributed by atoms with van der Waals surface area (Å²) in [5.41, 5.74) is 1.62. The van der Waals surface area contributed by atoms with Crippen LogP contribution in [0.2, 0.25) is 0 Å². The van der Waals surface area contributed by atoms with Crippen molar-refractivity contribution >= 4 is 26.7 Å². The average Bonchev–Trinajstić information content (AvgIpc) is 2.88. The van der Waals surface area contributed by atoms with Crippen LogP contribution in [0, 0.1) is 5.82 Å². The summed E-state index contributed by atoms with van der Waals surface area (Å²) >= 11 is 0. The van der Waals surface area contributed by atoms with Gasteiger partial charge >= 0.3 is 0 Å². The number of hydrogen-bond donors (Lipinski definition) is 2. The van der Waals surface area contributed by atoms with Crippen LogP contribution < -0.4 is 4.72 Å². The van der Waals surface area contributed by atoms with Gasteiger partial charge in [0.05, 0.1) is 22.3 Å². The highest BCUT2D eigenvalue weighted by molar-refractivity contribution is 7.92. The molecule has 3 rings (SSSR count). The quantitative estimate of drug-likeness (QED) is 0.778. The molecule has 0 saturated heterocycles. The minimum atomic E-state index is -3.72. The Bertz CT molecular complexity index is 857. The molecule has 0 radical (unpaired) electrons. The molecule has 1 heterocycles. The number of sulfonamides is 1. The molecule has 2 aromatic carbocycles. The maximum absolute atomic E-state index is 12.8. The largest absolute Gasteiger partial charge is 0.345 e. The van der Waals surface area contributed by atoms with E-state index >= 15 is 0 Å². The number of rotatable bonds is 3. The molecule has 0 aliphatic heterocycles. The van der Waals surface area contributed by atoms with Crippen molar-refractivity contribution in [3.05, 3.63) is 54.6 Å². The molecule has 0 spiro atoms. The second-order valence-electron chi connectivity index (χ2n) is 4.19. The lowest BCUT2D eigenvalue weighted by atomic mass is 10.3. The van der Waals surface area contributed by atoms with Gasteiger partial charge in [0.15, 0.2) is 0 Å². The highest BCUT2D eigenvalue weighted by atomic mass is 32.2. The van der Waals surface area contributed by atoms with Crippen LogP contribution >= 0.6 is 0 Å². The molecule has 0 amide bonds. The molecule has 7 heteroatoms. The number of nitrogens with one attached hydrogen (secondary N) is 2. The van der Waals surface area contributed by atoms with Gasteiger partial charge in [-0.15, -0.1) is 0 Å². The Hall–Kier alpha value is -2.41. The first-order chi connectivity index (χ1) is 9.54. The average molecular weight is 291 g/mol. The Balaban J connectivity index is 1.96. The number of H-pyrrole nitrogens is 1. The third-order valence-electron chi connectivity index (χ3n) is 2.80. The fourth-order valence-electron chi connectivity index (χ4n) is 1.81. The molecule has 5 nitrogen and oxygen atoms in total. The van der Waals surface area contributed by atoms with Gasteiger partial charge in [-0.2, -0.15) is 0 Å². The van der Waals surface area contributed by atoms with Crippen LogP contribution in [-0.2, 0) is 10.0 Å². The standard InChI is InChI=1S/C13H10FN3O2S/c14-9-1-3-10(4-2-9)17-20(18,19)11-5-6-12-13(7-11)16-8-15-12/h1-8,17H,(H,15,16). The van der Waals surface area contributed by atoms with Crippen molar-refractivity contribution in [3.63, 3.8) is 0 Å². The maximum atomic E-state index is 12.8. The lowest BCUT2D eigenvalue weighted by molar-refractivity contribution is 0.601. The summed E-state index contributed by atoms with van der Waals surface area (Å²) in [6.07, 6.45) is 1.49. The number of nitrogens with zero attached hydrogens (tertiary/aromatic N) is 1. The Morgan fingerprint density at radius 2 is 1.85 bits per heavy atom. The zero-order chi connectivity index (χ0) is 14.2. The summed E-state index contributed by atoms with van der Waals surface area (Å²) in [7, 11) is -3.72. The van der Waals surface area contributed by atoms with Gasteiger partial charge in [-0.1, -0.05) is 0 Å². The van der Waals surface area contributed by atoms with E-state index in [0.29, 0.717) is 16.7 Å². The Kier molecular flexibility index (Phi) is 2.90. The second kappa shape index (κ2) is 4.61. The molecule has 2 N–H and O–H groups in total. The van der Waals surface area contributed by atoms with Gasteiger partial charge in [-0.3, -0.25) is 4.72 Å². The Morgan fingerprint density at radius 3 is 2.60 bits per heavy atom. The molecule has 0 unspecified atom stereocenters. The lowest BCUT2D eigenvalue weighted by Gasteiger charge is -2.07. The maximum Gasteiger partial charge on any atom is 0.261 e. The van der Waals surface area contributed by atoms with E-state index in [1.807, 2.05) is 0 Å². The van der Waals surface area contributed by atoms with Gasteiger partial charge in [-0.25, -0.2) is 17.8 Å². The Labute approximate surface area is 114 Å². The number of anilines is 1. The van der Waals surface area contributed by atoms with Gasteiger partial charge < -0.3 is 4.98 Å². The van der Waals surface area contributed by atoms with Crippen LogP contribution in [0.25, 0.3) is 11.0 Å². The van der Waals surface area contributed by atoms with Crippen LogP contribution in [0.15, 0.2) is 53.7 Å². The van der Waals surface area contributed by atoms with Crippen molar-refractivity contribution < 1.29 is 12.8 Å².